The Bertz CT molecular complexity index is 1340. The maximum atomic E-state index is 13.4. The van der Waals surface area contributed by atoms with Crippen LogP contribution >= 0.6 is 0 Å². The lowest BCUT2D eigenvalue weighted by Gasteiger charge is -2.23. The fourth-order valence-corrected chi connectivity index (χ4v) is 4.33. The number of hydrogen-bond acceptors (Lipinski definition) is 4. The number of benzene rings is 3. The van der Waals surface area contributed by atoms with Crippen molar-refractivity contribution in [1.82, 2.24) is 9.97 Å². The standard InChI is InChI=1S/C26H24N4O3/c1-33-23-15-18(26(32)30-14-5-4-8-17-7-2-3-11-22(17)30)12-13-19(23)25(31)29-21-10-6-9-20-24(21)28-16-27-20/h2-3,6-7,9-13,15-16H,4-5,8,14H2,1H3,(H,27,28)(H,29,31). The molecule has 0 aliphatic carbocycles. The van der Waals surface area contributed by atoms with Gasteiger partial charge in [0.1, 0.15) is 11.3 Å². The molecule has 7 heteroatoms. The van der Waals surface area contributed by atoms with Crippen molar-refractivity contribution in [1.29, 1.82) is 0 Å². The van der Waals surface area contributed by atoms with Crippen molar-refractivity contribution in [2.45, 2.75) is 19.3 Å². The van der Waals surface area contributed by atoms with Gasteiger partial charge in [-0.2, -0.15) is 0 Å². The molecular formula is C26H24N4O3. The van der Waals surface area contributed by atoms with Crippen LogP contribution in [0.3, 0.4) is 0 Å². The van der Waals surface area contributed by atoms with E-state index in [-0.39, 0.29) is 11.8 Å². The van der Waals surface area contributed by atoms with Crippen LogP contribution in [-0.2, 0) is 6.42 Å². The fraction of sp³-hybridized carbons (Fsp3) is 0.192. The lowest BCUT2D eigenvalue weighted by molar-refractivity contribution is 0.0982. The average molecular weight is 441 g/mol. The second kappa shape index (κ2) is 8.78. The number of aromatic amines is 1. The first kappa shape index (κ1) is 20.8. The van der Waals surface area contributed by atoms with Crippen LogP contribution in [0.1, 0.15) is 39.1 Å². The van der Waals surface area contributed by atoms with Crippen molar-refractivity contribution in [2.24, 2.45) is 0 Å². The second-order valence-corrected chi connectivity index (χ2v) is 8.02. The van der Waals surface area contributed by atoms with Gasteiger partial charge in [-0.25, -0.2) is 4.98 Å². The molecule has 1 aromatic heterocycles. The van der Waals surface area contributed by atoms with Gasteiger partial charge in [0.25, 0.3) is 11.8 Å². The molecule has 0 unspecified atom stereocenters. The molecule has 0 radical (unpaired) electrons. The van der Waals surface area contributed by atoms with Gasteiger partial charge < -0.3 is 19.9 Å². The van der Waals surface area contributed by atoms with Crippen LogP contribution in [0.5, 0.6) is 5.75 Å². The monoisotopic (exact) mass is 440 g/mol. The first-order chi connectivity index (χ1) is 16.2. The Morgan fingerprint density at radius 3 is 2.82 bits per heavy atom. The molecule has 0 saturated heterocycles. The summed E-state index contributed by atoms with van der Waals surface area (Å²) in [6.45, 7) is 0.661. The van der Waals surface area contributed by atoms with Crippen molar-refractivity contribution < 1.29 is 14.3 Å². The number of aryl methyl sites for hydroxylation is 1. The van der Waals surface area contributed by atoms with Gasteiger partial charge in [0, 0.05) is 17.8 Å². The van der Waals surface area contributed by atoms with Crippen LogP contribution in [0, 0.1) is 0 Å². The van der Waals surface area contributed by atoms with E-state index in [0.29, 0.717) is 34.6 Å². The van der Waals surface area contributed by atoms with E-state index in [1.165, 1.54) is 12.7 Å². The third kappa shape index (κ3) is 3.93. The molecule has 0 saturated carbocycles. The predicted octanol–water partition coefficient (Wildman–Crippen LogP) is 4.81. The van der Waals surface area contributed by atoms with Gasteiger partial charge in [0.15, 0.2) is 0 Å². The Labute approximate surface area is 191 Å². The number of hydrogen-bond donors (Lipinski definition) is 2. The van der Waals surface area contributed by atoms with Crippen molar-refractivity contribution in [2.75, 3.05) is 23.9 Å². The van der Waals surface area contributed by atoms with E-state index < -0.39 is 0 Å². The molecule has 5 rings (SSSR count). The molecule has 1 aliphatic heterocycles. The number of carbonyl (C=O) groups excluding carboxylic acids is 2. The van der Waals surface area contributed by atoms with E-state index >= 15 is 0 Å². The molecular weight excluding hydrogens is 416 g/mol. The molecule has 0 atom stereocenters. The van der Waals surface area contributed by atoms with E-state index in [0.717, 1.165) is 30.5 Å². The quantitative estimate of drug-likeness (QED) is 0.477. The minimum absolute atomic E-state index is 0.101. The first-order valence-electron chi connectivity index (χ1n) is 11.0. The van der Waals surface area contributed by atoms with Gasteiger partial charge in [-0.05, 0) is 61.2 Å². The molecule has 33 heavy (non-hydrogen) atoms. The van der Waals surface area contributed by atoms with Gasteiger partial charge in [-0.3, -0.25) is 9.59 Å². The largest absolute Gasteiger partial charge is 0.496 e. The summed E-state index contributed by atoms with van der Waals surface area (Å²) >= 11 is 0. The number of H-pyrrole nitrogens is 1. The number of rotatable bonds is 4. The Hall–Kier alpha value is -4.13. The van der Waals surface area contributed by atoms with E-state index in [1.807, 2.05) is 35.2 Å². The Morgan fingerprint density at radius 1 is 1.06 bits per heavy atom. The van der Waals surface area contributed by atoms with E-state index in [2.05, 4.69) is 21.4 Å². The van der Waals surface area contributed by atoms with Crippen LogP contribution in [0.4, 0.5) is 11.4 Å². The average Bonchev–Trinajstić information content (AvgIpc) is 3.23. The summed E-state index contributed by atoms with van der Waals surface area (Å²) in [7, 11) is 1.50. The zero-order valence-corrected chi connectivity index (χ0v) is 18.3. The summed E-state index contributed by atoms with van der Waals surface area (Å²) in [5.74, 6) is -0.0898. The number of carbonyl (C=O) groups is 2. The number of imidazole rings is 1. The minimum Gasteiger partial charge on any atom is -0.496 e. The van der Waals surface area contributed by atoms with Crippen LogP contribution in [0.25, 0.3) is 11.0 Å². The fourth-order valence-electron chi connectivity index (χ4n) is 4.33. The highest BCUT2D eigenvalue weighted by atomic mass is 16.5. The van der Waals surface area contributed by atoms with E-state index in [9.17, 15) is 9.59 Å². The lowest BCUT2D eigenvalue weighted by atomic mass is 10.1. The number of para-hydroxylation sites is 2. The summed E-state index contributed by atoms with van der Waals surface area (Å²) in [5, 5.41) is 2.90. The highest BCUT2D eigenvalue weighted by Crippen LogP contribution is 2.29. The van der Waals surface area contributed by atoms with Crippen LogP contribution in [0.2, 0.25) is 0 Å². The summed E-state index contributed by atoms with van der Waals surface area (Å²) in [6.07, 6.45) is 4.54. The number of aromatic nitrogens is 2. The summed E-state index contributed by atoms with van der Waals surface area (Å²) < 4.78 is 5.50. The Balaban J connectivity index is 1.43. The van der Waals surface area contributed by atoms with Crippen LogP contribution in [0.15, 0.2) is 67.0 Å². The Morgan fingerprint density at radius 2 is 1.94 bits per heavy atom. The zero-order chi connectivity index (χ0) is 22.8. The molecule has 2 N–H and O–H groups in total. The third-order valence-electron chi connectivity index (χ3n) is 6.00. The SMILES string of the molecule is COc1cc(C(=O)N2CCCCc3ccccc32)ccc1C(=O)Nc1cccc2[nH]cnc12. The van der Waals surface area contributed by atoms with Gasteiger partial charge in [-0.15, -0.1) is 0 Å². The number of nitrogens with one attached hydrogen (secondary N) is 2. The molecule has 1 aliphatic rings. The maximum Gasteiger partial charge on any atom is 0.259 e. The molecule has 2 amide bonds. The number of ether oxygens (including phenoxy) is 1. The van der Waals surface area contributed by atoms with Crippen molar-refractivity contribution in [3.8, 4) is 5.75 Å². The second-order valence-electron chi connectivity index (χ2n) is 8.02. The maximum absolute atomic E-state index is 13.4. The number of methoxy groups -OCH3 is 1. The highest BCUT2D eigenvalue weighted by Gasteiger charge is 2.24. The molecule has 7 nitrogen and oxygen atoms in total. The number of anilines is 2. The number of amides is 2. The molecule has 166 valence electrons. The van der Waals surface area contributed by atoms with Gasteiger partial charge in [0.05, 0.1) is 30.2 Å². The van der Waals surface area contributed by atoms with Gasteiger partial charge >= 0.3 is 0 Å². The summed E-state index contributed by atoms with van der Waals surface area (Å²) in [4.78, 5) is 35.6. The summed E-state index contributed by atoms with van der Waals surface area (Å²) in [5.41, 5.74) is 5.07. The van der Waals surface area contributed by atoms with Crippen LogP contribution < -0.4 is 15.0 Å². The first-order valence-corrected chi connectivity index (χ1v) is 11.0. The Kier molecular flexibility index (Phi) is 5.52. The third-order valence-corrected chi connectivity index (χ3v) is 6.00. The van der Waals surface area contributed by atoms with E-state index in [1.54, 1.807) is 30.6 Å². The smallest absolute Gasteiger partial charge is 0.259 e. The molecule has 4 aromatic rings. The van der Waals surface area contributed by atoms with Crippen LogP contribution in [-0.4, -0.2) is 35.4 Å². The predicted molar refractivity (Wildman–Crippen MR) is 128 cm³/mol. The molecule has 0 bridgehead atoms. The van der Waals surface area contributed by atoms with Crippen molar-refractivity contribution >= 4 is 34.2 Å². The number of nitrogens with zero attached hydrogens (tertiary/aromatic N) is 2. The zero-order valence-electron chi connectivity index (χ0n) is 18.3. The topological polar surface area (TPSA) is 87.3 Å². The summed E-state index contributed by atoms with van der Waals surface area (Å²) in [6, 6.07) is 18.5. The van der Waals surface area contributed by atoms with Crippen molar-refractivity contribution in [3.05, 3.63) is 83.7 Å². The highest BCUT2D eigenvalue weighted by molar-refractivity contribution is 6.11. The molecule has 0 fully saturated rings. The van der Waals surface area contributed by atoms with Gasteiger partial charge in [-0.1, -0.05) is 24.3 Å². The normalized spacial score (nSPS) is 13.3. The molecule has 3 aromatic carbocycles. The lowest BCUT2D eigenvalue weighted by Crippen LogP contribution is -2.31. The molecule has 2 heterocycles. The minimum atomic E-state index is -0.332. The number of fused-ring (bicyclic) bond motifs is 2. The van der Waals surface area contributed by atoms with E-state index in [4.69, 9.17) is 4.74 Å². The van der Waals surface area contributed by atoms with Crippen molar-refractivity contribution in [3.63, 3.8) is 0 Å². The molecule has 0 spiro atoms. The van der Waals surface area contributed by atoms with Gasteiger partial charge in [0.2, 0.25) is 0 Å².